The zero-order valence-corrected chi connectivity index (χ0v) is 30.6. The van der Waals surface area contributed by atoms with Crippen LogP contribution in [-0.4, -0.2) is 81.5 Å². The van der Waals surface area contributed by atoms with Crippen LogP contribution in [0.2, 0.25) is 0 Å². The lowest BCUT2D eigenvalue weighted by Gasteiger charge is -2.37. The Morgan fingerprint density at radius 1 is 1.06 bits per heavy atom. The number of hydrogen-bond donors (Lipinski definition) is 3. The highest BCUT2D eigenvalue weighted by Gasteiger charge is 2.70. The Hall–Kier alpha value is -5.40. The Morgan fingerprint density at radius 2 is 1.81 bits per heavy atom. The molecule has 2 unspecified atom stereocenters. The molecule has 3 N–H and O–H groups in total. The molecule has 53 heavy (non-hydrogen) atoms. The maximum atomic E-state index is 14.4. The van der Waals surface area contributed by atoms with Crippen LogP contribution >= 0.6 is 0 Å². The van der Waals surface area contributed by atoms with Crippen molar-refractivity contribution in [1.29, 1.82) is 0 Å². The third-order valence-corrected chi connectivity index (χ3v) is 10.8. The number of fused-ring (bicyclic) bond motifs is 1. The first-order valence-corrected chi connectivity index (χ1v) is 18.0. The molecule has 3 aliphatic rings. The minimum atomic E-state index is -1.40. The fraction of sp³-hybridized carbons (Fsp3) is 0.487. The van der Waals surface area contributed by atoms with E-state index in [9.17, 15) is 28.8 Å². The van der Waals surface area contributed by atoms with Crippen LogP contribution in [0.3, 0.4) is 0 Å². The molecular formula is C39H46N6O8. The van der Waals surface area contributed by atoms with Crippen molar-refractivity contribution in [2.24, 2.45) is 28.6 Å². The highest BCUT2D eigenvalue weighted by Crippen LogP contribution is 2.65. The lowest BCUT2D eigenvalue weighted by atomic mass is 9.85. The van der Waals surface area contributed by atoms with E-state index in [1.54, 1.807) is 69.6 Å². The number of oxazole rings is 1. The largest absolute Gasteiger partial charge is 0.445 e. The maximum Gasteiger partial charge on any atom is 0.408 e. The van der Waals surface area contributed by atoms with Gasteiger partial charge in [0, 0.05) is 42.5 Å². The van der Waals surface area contributed by atoms with Crippen molar-refractivity contribution in [3.63, 3.8) is 0 Å². The molecular weight excluding hydrogens is 680 g/mol. The second-order valence-electron chi connectivity index (χ2n) is 15.8. The smallest absolute Gasteiger partial charge is 0.408 e. The van der Waals surface area contributed by atoms with Crippen LogP contribution in [0, 0.1) is 28.6 Å². The SMILES string of the molecule is CC(C)(C)[C@H](NC(=O)OCc1cccnc1)C(=O)N1C[C@H]2[C@@H]([C@H]1C(=O)NC(CC1CCCNC1=O)C(=O)C(=O)c1ncc(-c3ccccc3)o1)C2(C)C. The summed E-state index contributed by atoms with van der Waals surface area (Å²) >= 11 is 0. The van der Waals surface area contributed by atoms with Gasteiger partial charge in [0.05, 0.1) is 12.2 Å². The third kappa shape index (κ3) is 8.01. The van der Waals surface area contributed by atoms with E-state index in [2.05, 4.69) is 25.9 Å². The molecule has 14 nitrogen and oxygen atoms in total. The number of piperidine rings is 2. The molecule has 1 aromatic carbocycles. The monoisotopic (exact) mass is 726 g/mol. The molecule has 3 fully saturated rings. The average Bonchev–Trinajstić information content (AvgIpc) is 3.54. The van der Waals surface area contributed by atoms with Gasteiger partial charge in [0.15, 0.2) is 5.76 Å². The summed E-state index contributed by atoms with van der Waals surface area (Å²) in [6.07, 6.45) is 4.75. The molecule has 280 valence electrons. The average molecular weight is 727 g/mol. The number of carbonyl (C=O) groups is 6. The van der Waals surface area contributed by atoms with Crippen molar-refractivity contribution in [1.82, 2.24) is 30.8 Å². The van der Waals surface area contributed by atoms with Gasteiger partial charge in [0.1, 0.15) is 18.7 Å². The van der Waals surface area contributed by atoms with E-state index in [0.717, 1.165) is 0 Å². The molecule has 2 aliphatic heterocycles. The standard InChI is InChI=1S/C39H46N6O8/c1-38(2,3)32(44-37(51)52-21-22-11-9-15-40-18-22)36(50)45-20-25-28(39(25,4)5)29(45)34(49)43-26(17-24-14-10-16-41-33(24)48)30(46)31(47)35-42-19-27(53-35)23-12-7-6-8-13-23/h6-9,11-13,15,18-19,24-26,28-29,32H,10,14,16-17,20-21H2,1-5H3,(H,41,48)(H,43,49)(H,44,51)/t24?,25-,26?,28-,29-,32+/m0/s1. The number of aromatic nitrogens is 2. The minimum Gasteiger partial charge on any atom is -0.445 e. The van der Waals surface area contributed by atoms with Crippen LogP contribution in [0.1, 0.15) is 70.1 Å². The molecule has 2 aromatic heterocycles. The molecule has 6 atom stereocenters. The van der Waals surface area contributed by atoms with Gasteiger partial charge in [-0.3, -0.25) is 29.0 Å². The number of nitrogens with one attached hydrogen (secondary N) is 3. The fourth-order valence-corrected chi connectivity index (χ4v) is 7.63. The number of ether oxygens (including phenoxy) is 1. The quantitative estimate of drug-likeness (QED) is 0.183. The van der Waals surface area contributed by atoms with Gasteiger partial charge in [-0.15, -0.1) is 0 Å². The molecule has 0 bridgehead atoms. The molecule has 3 aromatic rings. The van der Waals surface area contributed by atoms with Crippen LogP contribution in [0.15, 0.2) is 65.5 Å². The van der Waals surface area contributed by atoms with Crippen LogP contribution in [0.4, 0.5) is 4.79 Å². The predicted molar refractivity (Wildman–Crippen MR) is 191 cm³/mol. The van der Waals surface area contributed by atoms with Crippen molar-refractivity contribution >= 4 is 35.4 Å². The number of ketones is 2. The van der Waals surface area contributed by atoms with Gasteiger partial charge in [-0.05, 0) is 48.0 Å². The van der Waals surface area contributed by atoms with Crippen LogP contribution in [-0.2, 0) is 30.5 Å². The summed E-state index contributed by atoms with van der Waals surface area (Å²) in [5.74, 6) is -4.41. The van der Waals surface area contributed by atoms with Crippen LogP contribution in [0.25, 0.3) is 11.3 Å². The molecule has 4 heterocycles. The minimum absolute atomic E-state index is 0.0102. The van der Waals surface area contributed by atoms with Gasteiger partial charge < -0.3 is 30.0 Å². The normalized spacial score (nSPS) is 22.8. The Labute approximate surface area is 307 Å². The van der Waals surface area contributed by atoms with E-state index in [-0.39, 0.29) is 42.7 Å². The summed E-state index contributed by atoms with van der Waals surface area (Å²) in [7, 11) is 0. The number of nitrogens with zero attached hydrogens (tertiary/aromatic N) is 3. The summed E-state index contributed by atoms with van der Waals surface area (Å²) in [6.45, 7) is 10.1. The van der Waals surface area contributed by atoms with Crippen molar-refractivity contribution in [2.75, 3.05) is 13.1 Å². The zero-order valence-electron chi connectivity index (χ0n) is 30.6. The van der Waals surface area contributed by atoms with Crippen LogP contribution < -0.4 is 16.0 Å². The van der Waals surface area contributed by atoms with E-state index in [1.165, 1.54) is 11.1 Å². The van der Waals surface area contributed by atoms with Crippen LogP contribution in [0.5, 0.6) is 0 Å². The summed E-state index contributed by atoms with van der Waals surface area (Å²) in [6, 6.07) is 8.98. The Morgan fingerprint density at radius 3 is 2.49 bits per heavy atom. The van der Waals surface area contributed by atoms with E-state index in [1.807, 2.05) is 19.9 Å². The first-order chi connectivity index (χ1) is 25.2. The number of likely N-dealkylation sites (tertiary alicyclic amines) is 1. The predicted octanol–water partition coefficient (Wildman–Crippen LogP) is 3.71. The Kier molecular flexibility index (Phi) is 10.5. The molecule has 14 heteroatoms. The number of benzene rings is 1. The highest BCUT2D eigenvalue weighted by molar-refractivity contribution is 6.44. The lowest BCUT2D eigenvalue weighted by molar-refractivity contribution is -0.144. The van der Waals surface area contributed by atoms with Gasteiger partial charge in [-0.2, -0.15) is 0 Å². The van der Waals surface area contributed by atoms with Crippen molar-refractivity contribution in [3.05, 3.63) is 72.5 Å². The second-order valence-corrected chi connectivity index (χ2v) is 15.8. The van der Waals surface area contributed by atoms with E-state index in [4.69, 9.17) is 9.15 Å². The molecule has 0 radical (unpaired) electrons. The molecule has 6 rings (SSSR count). The van der Waals surface area contributed by atoms with E-state index >= 15 is 0 Å². The van der Waals surface area contributed by atoms with Gasteiger partial charge in [0.25, 0.3) is 11.7 Å². The summed E-state index contributed by atoms with van der Waals surface area (Å²) < 4.78 is 11.1. The maximum absolute atomic E-state index is 14.4. The number of hydrogen-bond acceptors (Lipinski definition) is 10. The van der Waals surface area contributed by atoms with Gasteiger partial charge >= 0.3 is 6.09 Å². The number of rotatable bonds is 12. The molecule has 2 saturated heterocycles. The van der Waals surface area contributed by atoms with E-state index < -0.39 is 64.8 Å². The lowest BCUT2D eigenvalue weighted by Crippen LogP contribution is -2.60. The number of amides is 4. The zero-order chi connectivity index (χ0) is 38.1. The number of carbonyl (C=O) groups excluding carboxylic acids is 6. The summed E-state index contributed by atoms with van der Waals surface area (Å²) in [5.41, 5.74) is 0.276. The highest BCUT2D eigenvalue weighted by atomic mass is 16.5. The van der Waals surface area contributed by atoms with Crippen molar-refractivity contribution < 1.29 is 37.9 Å². The summed E-state index contributed by atoms with van der Waals surface area (Å²) in [5, 5.41) is 8.29. The fourth-order valence-electron chi connectivity index (χ4n) is 7.63. The van der Waals surface area contributed by atoms with Gasteiger partial charge in [0.2, 0.25) is 23.5 Å². The number of alkyl carbamates (subject to hydrolysis) is 1. The van der Waals surface area contributed by atoms with E-state index in [0.29, 0.717) is 36.3 Å². The van der Waals surface area contributed by atoms with Crippen molar-refractivity contribution in [2.45, 2.75) is 78.6 Å². The number of Topliss-reactive ketones (excluding diaryl/α,β-unsaturated/α-hetero) is 2. The topological polar surface area (TPSA) is 190 Å². The van der Waals surface area contributed by atoms with Gasteiger partial charge in [-0.25, -0.2) is 9.78 Å². The van der Waals surface area contributed by atoms with Gasteiger partial charge in [-0.1, -0.05) is 71.0 Å². The summed E-state index contributed by atoms with van der Waals surface area (Å²) in [4.78, 5) is 91.6. The molecule has 4 amide bonds. The van der Waals surface area contributed by atoms with Crippen molar-refractivity contribution in [3.8, 4) is 11.3 Å². The first-order valence-electron chi connectivity index (χ1n) is 18.0. The third-order valence-electron chi connectivity index (χ3n) is 10.8. The molecule has 1 saturated carbocycles. The molecule has 0 spiro atoms. The number of pyridine rings is 1. The Balaban J connectivity index is 1.22. The second kappa shape index (κ2) is 14.9. The first kappa shape index (κ1) is 37.4. The Bertz CT molecular complexity index is 1870. The molecule has 1 aliphatic carbocycles.